The number of halogens is 2. The van der Waals surface area contributed by atoms with Gasteiger partial charge in [0.15, 0.2) is 5.75 Å². The summed E-state index contributed by atoms with van der Waals surface area (Å²) in [4.78, 5) is 0. The zero-order valence-corrected chi connectivity index (χ0v) is 16.1. The van der Waals surface area contributed by atoms with Crippen LogP contribution in [0.1, 0.15) is 0 Å². The summed E-state index contributed by atoms with van der Waals surface area (Å²) < 4.78 is 44.8. The van der Waals surface area contributed by atoms with Gasteiger partial charge in [-0.1, -0.05) is 23.2 Å². The average molecular weight is 405 g/mol. The van der Waals surface area contributed by atoms with Gasteiger partial charge in [-0.3, -0.25) is 8.42 Å². The molecule has 0 radical (unpaired) electrons. The number of hydrogen-bond acceptors (Lipinski definition) is 7. The topological polar surface area (TPSA) is 125 Å². The van der Waals surface area contributed by atoms with Crippen LogP contribution in [0.4, 0.5) is 5.69 Å². The van der Waals surface area contributed by atoms with Crippen LogP contribution in [0.5, 0.6) is 17.2 Å². The Labute approximate surface area is 165 Å². The predicted octanol–water partition coefficient (Wildman–Crippen LogP) is 2.66. The van der Waals surface area contributed by atoms with Gasteiger partial charge in [0.25, 0.3) is 0 Å². The normalized spacial score (nSPS) is 10.0. The summed E-state index contributed by atoms with van der Waals surface area (Å²) in [6.07, 6.45) is 0. The molecule has 0 spiro atoms. The van der Waals surface area contributed by atoms with Crippen molar-refractivity contribution in [2.45, 2.75) is 0 Å². The maximum absolute atomic E-state index is 8.52. The van der Waals surface area contributed by atoms with E-state index in [0.717, 1.165) is 0 Å². The molecule has 0 aliphatic heterocycles. The van der Waals surface area contributed by atoms with Gasteiger partial charge in [0.2, 0.25) is 0 Å². The maximum atomic E-state index is 8.52. The first kappa shape index (κ1) is 23.1. The molecule has 11 heteroatoms. The van der Waals surface area contributed by atoms with Gasteiger partial charge in [0.05, 0.1) is 22.8 Å². The van der Waals surface area contributed by atoms with Crippen LogP contribution in [-0.2, 0) is 10.4 Å². The van der Waals surface area contributed by atoms with E-state index in [-0.39, 0.29) is 23.1 Å². The molecular formula is C13H11Cl2MgNO6S. The molecule has 2 rings (SSSR count). The van der Waals surface area contributed by atoms with Crippen molar-refractivity contribution in [2.24, 2.45) is 0 Å². The van der Waals surface area contributed by atoms with Crippen LogP contribution in [-0.4, -0.2) is 47.7 Å². The van der Waals surface area contributed by atoms with E-state index in [4.69, 9.17) is 55.9 Å². The van der Waals surface area contributed by atoms with Crippen molar-refractivity contribution < 1.29 is 27.0 Å². The van der Waals surface area contributed by atoms with E-state index in [9.17, 15) is 0 Å². The van der Waals surface area contributed by atoms with Crippen molar-refractivity contribution in [1.29, 1.82) is 0 Å². The Morgan fingerprint density at radius 1 is 1.00 bits per heavy atom. The summed E-state index contributed by atoms with van der Waals surface area (Å²) in [6.45, 7) is 0. The predicted molar refractivity (Wildman–Crippen MR) is 90.2 cm³/mol. The van der Waals surface area contributed by atoms with Crippen LogP contribution in [0.25, 0.3) is 0 Å². The molecule has 0 bridgehead atoms. The Kier molecular flexibility index (Phi) is 9.74. The third-order valence-corrected chi connectivity index (χ3v) is 3.07. The van der Waals surface area contributed by atoms with E-state index >= 15 is 0 Å². The quantitative estimate of drug-likeness (QED) is 0.361. The van der Waals surface area contributed by atoms with Crippen molar-refractivity contribution >= 4 is 62.3 Å². The fraction of sp³-hybridized carbons (Fsp3) is 0.0769. The zero-order valence-electron chi connectivity index (χ0n) is 12.4. The Morgan fingerprint density at radius 2 is 1.54 bits per heavy atom. The summed E-state index contributed by atoms with van der Waals surface area (Å²) in [6, 6.07) is 10.2. The van der Waals surface area contributed by atoms with Gasteiger partial charge in [-0.2, -0.15) is 0 Å². The van der Waals surface area contributed by atoms with Gasteiger partial charge in [-0.25, -0.2) is 0 Å². The third-order valence-electron chi connectivity index (χ3n) is 2.34. The first-order chi connectivity index (χ1) is 10.6. The van der Waals surface area contributed by atoms with Gasteiger partial charge in [-0.05, 0) is 24.3 Å². The summed E-state index contributed by atoms with van der Waals surface area (Å²) in [5, 5.41) is 0.910. The van der Waals surface area contributed by atoms with Gasteiger partial charge in [-0.15, -0.1) is 0 Å². The van der Waals surface area contributed by atoms with Crippen molar-refractivity contribution in [3.8, 4) is 17.2 Å². The van der Waals surface area contributed by atoms with Gasteiger partial charge < -0.3 is 24.3 Å². The second-order valence-corrected chi connectivity index (χ2v) is 5.62. The number of rotatable bonds is 3. The number of ether oxygens (including phenoxy) is 2. The molecular weight excluding hydrogens is 393 g/mol. The Morgan fingerprint density at radius 3 is 2.00 bits per heavy atom. The average Bonchev–Trinajstić information content (AvgIpc) is 2.43. The second kappa shape index (κ2) is 10.1. The SMILES string of the molecule is COc1ccc(Oc2ccc(Cl)c(Cl)c2)c(N)c1.O=S(=O)([O-])[O-].[Mg+2]. The van der Waals surface area contributed by atoms with Crippen molar-refractivity contribution in [3.05, 3.63) is 46.4 Å². The van der Waals surface area contributed by atoms with E-state index in [1.165, 1.54) is 0 Å². The van der Waals surface area contributed by atoms with Crippen LogP contribution in [0.15, 0.2) is 36.4 Å². The van der Waals surface area contributed by atoms with E-state index in [1.54, 1.807) is 43.5 Å². The van der Waals surface area contributed by atoms with E-state index in [0.29, 0.717) is 33.0 Å². The molecule has 0 fully saturated rings. The van der Waals surface area contributed by atoms with Gasteiger partial charge in [0, 0.05) is 22.5 Å². The molecule has 0 saturated carbocycles. The summed E-state index contributed by atoms with van der Waals surface area (Å²) >= 11 is 11.7. The molecule has 7 nitrogen and oxygen atoms in total. The number of hydrogen-bond donors (Lipinski definition) is 1. The molecule has 0 atom stereocenters. The molecule has 0 aliphatic carbocycles. The van der Waals surface area contributed by atoms with Crippen LogP contribution < -0.4 is 15.2 Å². The van der Waals surface area contributed by atoms with Crippen LogP contribution >= 0.6 is 23.2 Å². The summed E-state index contributed by atoms with van der Waals surface area (Å²) in [5.74, 6) is 1.78. The second-order valence-electron chi connectivity index (χ2n) is 3.99. The number of methoxy groups -OCH3 is 1. The van der Waals surface area contributed by atoms with Crippen molar-refractivity contribution in [2.75, 3.05) is 12.8 Å². The molecule has 126 valence electrons. The van der Waals surface area contributed by atoms with Crippen LogP contribution in [0.2, 0.25) is 10.0 Å². The molecule has 0 aliphatic rings. The molecule has 2 aromatic rings. The fourth-order valence-electron chi connectivity index (χ4n) is 1.41. The number of nitrogens with two attached hydrogens (primary N) is 1. The molecule has 2 aromatic carbocycles. The molecule has 2 N–H and O–H groups in total. The van der Waals surface area contributed by atoms with Crippen LogP contribution in [0.3, 0.4) is 0 Å². The molecule has 0 saturated heterocycles. The largest absolute Gasteiger partial charge is 2.00 e. The van der Waals surface area contributed by atoms with E-state index in [1.807, 2.05) is 0 Å². The molecule has 0 aromatic heterocycles. The number of benzene rings is 2. The zero-order chi connectivity index (χ0) is 17.6. The summed E-state index contributed by atoms with van der Waals surface area (Å²) in [5.41, 5.74) is 6.34. The molecule has 24 heavy (non-hydrogen) atoms. The summed E-state index contributed by atoms with van der Waals surface area (Å²) in [7, 11) is -3.59. The fourth-order valence-corrected chi connectivity index (χ4v) is 1.70. The first-order valence-corrected chi connectivity index (χ1v) is 7.92. The van der Waals surface area contributed by atoms with Gasteiger partial charge >= 0.3 is 23.1 Å². The number of anilines is 1. The van der Waals surface area contributed by atoms with E-state index < -0.39 is 10.4 Å². The maximum Gasteiger partial charge on any atom is 2.00 e. The van der Waals surface area contributed by atoms with E-state index in [2.05, 4.69) is 0 Å². The minimum Gasteiger partial charge on any atom is -0.759 e. The molecule has 0 amide bonds. The standard InChI is InChI=1S/C13H11Cl2NO2.Mg.H2O4S/c1-17-8-3-5-13(12(16)7-8)18-9-2-4-10(14)11(15)6-9;;1-5(2,3)4/h2-7H,16H2,1H3;;(H2,1,2,3,4)/q;+2;/p-2. The Bertz CT molecular complexity index is 780. The first-order valence-electron chi connectivity index (χ1n) is 5.83. The Hall–Kier alpha value is -0.944. The minimum absolute atomic E-state index is 0. The van der Waals surface area contributed by atoms with Crippen molar-refractivity contribution in [1.82, 2.24) is 0 Å². The Balaban J connectivity index is 0.000000777. The smallest absolute Gasteiger partial charge is 0.759 e. The monoisotopic (exact) mass is 403 g/mol. The molecule has 0 heterocycles. The van der Waals surface area contributed by atoms with Crippen LogP contribution in [0, 0.1) is 0 Å². The molecule has 0 unspecified atom stereocenters. The van der Waals surface area contributed by atoms with Crippen molar-refractivity contribution in [3.63, 3.8) is 0 Å². The number of nitrogen functional groups attached to an aromatic ring is 1. The minimum atomic E-state index is -5.17. The van der Waals surface area contributed by atoms with Gasteiger partial charge in [0.1, 0.15) is 11.5 Å². The third kappa shape index (κ3) is 8.78.